The van der Waals surface area contributed by atoms with Crippen LogP contribution < -0.4 is 9.80 Å². The van der Waals surface area contributed by atoms with E-state index in [1.807, 2.05) is 23.1 Å². The Hall–Kier alpha value is -3.41. The molecule has 152 valence electrons. The van der Waals surface area contributed by atoms with Crippen molar-refractivity contribution in [3.05, 3.63) is 83.7 Å². The Morgan fingerprint density at radius 1 is 0.767 bits per heavy atom. The summed E-state index contributed by atoms with van der Waals surface area (Å²) in [5, 5.41) is 0. The first-order chi connectivity index (χ1) is 14.8. The Kier molecular flexibility index (Phi) is 5.05. The summed E-state index contributed by atoms with van der Waals surface area (Å²) in [5.41, 5.74) is 4.38. The van der Waals surface area contributed by atoms with Crippen molar-refractivity contribution in [1.82, 2.24) is 14.9 Å². The number of benzene rings is 2. The van der Waals surface area contributed by atoms with Crippen LogP contribution in [0.25, 0.3) is 0 Å². The number of carbonyl (C=O) groups is 1. The molecule has 0 unspecified atom stereocenters. The molecule has 0 atom stereocenters. The zero-order chi connectivity index (χ0) is 20.3. The lowest BCUT2D eigenvalue weighted by atomic mass is 10.0. The van der Waals surface area contributed by atoms with Gasteiger partial charge in [-0.15, -0.1) is 0 Å². The van der Waals surface area contributed by atoms with Gasteiger partial charge in [0, 0.05) is 51.2 Å². The quantitative estimate of drug-likeness (QED) is 0.678. The third-order valence-electron chi connectivity index (χ3n) is 5.96. The van der Waals surface area contributed by atoms with Gasteiger partial charge in [0.1, 0.15) is 5.69 Å². The Morgan fingerprint density at radius 3 is 2.30 bits per heavy atom. The van der Waals surface area contributed by atoms with Crippen LogP contribution in [0.2, 0.25) is 0 Å². The molecule has 1 fully saturated rings. The third-order valence-corrected chi connectivity index (χ3v) is 5.96. The van der Waals surface area contributed by atoms with Gasteiger partial charge in [0.05, 0.1) is 0 Å². The normalized spacial score (nSPS) is 16.3. The fourth-order valence-electron chi connectivity index (χ4n) is 4.25. The van der Waals surface area contributed by atoms with Crippen LogP contribution in [0.1, 0.15) is 21.6 Å². The van der Waals surface area contributed by atoms with Gasteiger partial charge in [0.25, 0.3) is 5.91 Å². The third kappa shape index (κ3) is 3.73. The molecular weight excluding hydrogens is 374 g/mol. The van der Waals surface area contributed by atoms with Crippen molar-refractivity contribution in [1.29, 1.82) is 0 Å². The van der Waals surface area contributed by atoms with E-state index >= 15 is 0 Å². The van der Waals surface area contributed by atoms with E-state index in [1.54, 1.807) is 12.3 Å². The first kappa shape index (κ1) is 18.6. The SMILES string of the molecule is O=C(c1ccnc(N2CCc3ccccc3C2)n1)N1CCN(c2ccccc2)CC1. The van der Waals surface area contributed by atoms with E-state index in [9.17, 15) is 4.79 Å². The summed E-state index contributed by atoms with van der Waals surface area (Å²) < 4.78 is 0. The zero-order valence-corrected chi connectivity index (χ0v) is 16.9. The van der Waals surface area contributed by atoms with Crippen LogP contribution >= 0.6 is 0 Å². The second-order valence-corrected chi connectivity index (χ2v) is 7.80. The largest absolute Gasteiger partial charge is 0.368 e. The summed E-state index contributed by atoms with van der Waals surface area (Å²) in [6.07, 6.45) is 2.68. The maximum atomic E-state index is 13.1. The minimum absolute atomic E-state index is 0.0104. The number of anilines is 2. The molecule has 3 heterocycles. The molecule has 0 N–H and O–H groups in total. The number of carbonyl (C=O) groups excluding carboxylic acids is 1. The van der Waals surface area contributed by atoms with Crippen molar-refractivity contribution < 1.29 is 4.79 Å². The minimum Gasteiger partial charge on any atom is -0.368 e. The average molecular weight is 399 g/mol. The highest BCUT2D eigenvalue weighted by molar-refractivity contribution is 5.92. The summed E-state index contributed by atoms with van der Waals surface area (Å²) in [7, 11) is 0. The number of piperazine rings is 1. The topological polar surface area (TPSA) is 52.6 Å². The van der Waals surface area contributed by atoms with Crippen LogP contribution in [0, 0.1) is 0 Å². The Balaban J connectivity index is 1.26. The van der Waals surface area contributed by atoms with Crippen molar-refractivity contribution in [3.63, 3.8) is 0 Å². The molecule has 0 bridgehead atoms. The van der Waals surface area contributed by atoms with Gasteiger partial charge in [0.2, 0.25) is 5.95 Å². The molecule has 2 aromatic carbocycles. The molecule has 6 nitrogen and oxygen atoms in total. The number of para-hydroxylation sites is 1. The molecule has 0 aliphatic carbocycles. The number of hydrogen-bond donors (Lipinski definition) is 0. The van der Waals surface area contributed by atoms with Gasteiger partial charge < -0.3 is 14.7 Å². The van der Waals surface area contributed by atoms with Crippen LogP contribution in [0.15, 0.2) is 66.9 Å². The van der Waals surface area contributed by atoms with E-state index in [2.05, 4.69) is 56.2 Å². The number of fused-ring (bicyclic) bond motifs is 1. The van der Waals surface area contributed by atoms with Crippen molar-refractivity contribution >= 4 is 17.5 Å². The van der Waals surface area contributed by atoms with E-state index in [0.717, 1.165) is 32.6 Å². The van der Waals surface area contributed by atoms with Crippen LogP contribution in [0.5, 0.6) is 0 Å². The fraction of sp³-hybridized carbons (Fsp3) is 0.292. The Labute approximate surface area is 176 Å². The lowest BCUT2D eigenvalue weighted by Crippen LogP contribution is -2.49. The highest BCUT2D eigenvalue weighted by Gasteiger charge is 2.25. The standard InChI is InChI=1S/C24H25N5O/c30-23(28-16-14-27(15-17-28)21-8-2-1-3-9-21)22-10-12-25-24(26-22)29-13-11-19-6-4-5-7-20(19)18-29/h1-10,12H,11,13-18H2. The molecule has 0 saturated carbocycles. The number of rotatable bonds is 3. The Bertz CT molecular complexity index is 1030. The molecule has 30 heavy (non-hydrogen) atoms. The van der Waals surface area contributed by atoms with Crippen LogP contribution in [0.4, 0.5) is 11.6 Å². The van der Waals surface area contributed by atoms with Gasteiger partial charge in [-0.3, -0.25) is 4.79 Å². The van der Waals surface area contributed by atoms with Gasteiger partial charge in [-0.2, -0.15) is 0 Å². The molecular formula is C24H25N5O. The number of amides is 1. The lowest BCUT2D eigenvalue weighted by Gasteiger charge is -2.36. The molecule has 1 saturated heterocycles. The molecule has 3 aromatic rings. The maximum Gasteiger partial charge on any atom is 0.272 e. The summed E-state index contributed by atoms with van der Waals surface area (Å²) in [5.74, 6) is 0.627. The highest BCUT2D eigenvalue weighted by atomic mass is 16.2. The molecule has 1 aromatic heterocycles. The summed E-state index contributed by atoms with van der Waals surface area (Å²) >= 11 is 0. The summed E-state index contributed by atoms with van der Waals surface area (Å²) in [4.78, 5) is 28.5. The average Bonchev–Trinajstić information content (AvgIpc) is 2.84. The molecule has 1 amide bonds. The van der Waals surface area contributed by atoms with E-state index in [1.165, 1.54) is 16.8 Å². The smallest absolute Gasteiger partial charge is 0.272 e. The Morgan fingerprint density at radius 2 is 1.50 bits per heavy atom. The van der Waals surface area contributed by atoms with Gasteiger partial charge in [-0.25, -0.2) is 9.97 Å². The van der Waals surface area contributed by atoms with Crippen LogP contribution in [0.3, 0.4) is 0 Å². The second kappa shape index (κ2) is 8.14. The van der Waals surface area contributed by atoms with E-state index in [4.69, 9.17) is 0 Å². The molecule has 2 aliphatic rings. The maximum absolute atomic E-state index is 13.1. The molecule has 0 spiro atoms. The van der Waals surface area contributed by atoms with Crippen molar-refractivity contribution in [2.24, 2.45) is 0 Å². The van der Waals surface area contributed by atoms with Gasteiger partial charge in [-0.1, -0.05) is 42.5 Å². The van der Waals surface area contributed by atoms with Gasteiger partial charge in [-0.05, 0) is 35.7 Å². The van der Waals surface area contributed by atoms with Crippen molar-refractivity contribution in [3.8, 4) is 0 Å². The lowest BCUT2D eigenvalue weighted by molar-refractivity contribution is 0.0740. The highest BCUT2D eigenvalue weighted by Crippen LogP contribution is 2.22. The van der Waals surface area contributed by atoms with E-state index < -0.39 is 0 Å². The number of nitrogens with zero attached hydrogens (tertiary/aromatic N) is 5. The summed E-state index contributed by atoms with van der Waals surface area (Å²) in [6.45, 7) is 4.70. The molecule has 2 aliphatic heterocycles. The van der Waals surface area contributed by atoms with Crippen LogP contribution in [-0.4, -0.2) is 53.5 Å². The molecule has 5 rings (SSSR count). The van der Waals surface area contributed by atoms with E-state index in [0.29, 0.717) is 24.7 Å². The van der Waals surface area contributed by atoms with Crippen LogP contribution in [-0.2, 0) is 13.0 Å². The van der Waals surface area contributed by atoms with E-state index in [-0.39, 0.29) is 5.91 Å². The summed E-state index contributed by atoms with van der Waals surface area (Å²) in [6, 6.07) is 20.6. The molecule has 0 radical (unpaired) electrons. The second-order valence-electron chi connectivity index (χ2n) is 7.80. The minimum atomic E-state index is -0.0104. The number of aromatic nitrogens is 2. The van der Waals surface area contributed by atoms with Crippen molar-refractivity contribution in [2.45, 2.75) is 13.0 Å². The first-order valence-corrected chi connectivity index (χ1v) is 10.5. The van der Waals surface area contributed by atoms with Gasteiger partial charge >= 0.3 is 0 Å². The van der Waals surface area contributed by atoms with Gasteiger partial charge in [0.15, 0.2) is 0 Å². The fourth-order valence-corrected chi connectivity index (χ4v) is 4.25. The first-order valence-electron chi connectivity index (χ1n) is 10.5. The molecule has 6 heteroatoms. The predicted octanol–water partition coefficient (Wildman–Crippen LogP) is 3.00. The zero-order valence-electron chi connectivity index (χ0n) is 16.9. The van der Waals surface area contributed by atoms with Crippen molar-refractivity contribution in [2.75, 3.05) is 42.5 Å². The number of hydrogen-bond acceptors (Lipinski definition) is 5. The predicted molar refractivity (Wildman–Crippen MR) is 118 cm³/mol. The monoisotopic (exact) mass is 399 g/mol.